The van der Waals surface area contributed by atoms with Gasteiger partial charge >= 0.3 is 5.97 Å². The third-order valence-electron chi connectivity index (χ3n) is 6.90. The lowest BCUT2D eigenvalue weighted by Gasteiger charge is -2.34. The molecule has 0 radical (unpaired) electrons. The molecule has 0 N–H and O–H groups in total. The molecular weight excluding hydrogens is 571 g/mol. The number of halogens is 2. The van der Waals surface area contributed by atoms with E-state index in [1.54, 1.807) is 23.1 Å². The van der Waals surface area contributed by atoms with Crippen molar-refractivity contribution in [2.45, 2.75) is 64.8 Å². The molecule has 0 fully saturated rings. The van der Waals surface area contributed by atoms with Gasteiger partial charge in [-0.3, -0.25) is 4.79 Å². The number of esters is 1. The summed E-state index contributed by atoms with van der Waals surface area (Å²) in [6.45, 7) is 14.0. The van der Waals surface area contributed by atoms with Crippen LogP contribution in [-0.2, 0) is 40.4 Å². The zero-order valence-electron chi connectivity index (χ0n) is 23.4. The largest absolute Gasteiger partial charge is 0.466 e. The first-order valence-corrected chi connectivity index (χ1v) is 17.5. The molecule has 4 rings (SSSR count). The molecule has 0 unspecified atom stereocenters. The van der Waals surface area contributed by atoms with Crippen molar-refractivity contribution in [2.75, 3.05) is 13.7 Å². The molecule has 1 aliphatic heterocycles. The number of carbonyl (C=O) groups is 2. The highest BCUT2D eigenvalue weighted by Crippen LogP contribution is 2.35. The van der Waals surface area contributed by atoms with E-state index in [2.05, 4.69) is 31.4 Å². The van der Waals surface area contributed by atoms with Gasteiger partial charge in [0.2, 0.25) is 0 Å². The van der Waals surface area contributed by atoms with Gasteiger partial charge in [0.05, 0.1) is 23.7 Å². The monoisotopic (exact) mass is 604 g/mol. The second kappa shape index (κ2) is 12.3. The van der Waals surface area contributed by atoms with Gasteiger partial charge in [0, 0.05) is 61.5 Å². The summed E-state index contributed by atoms with van der Waals surface area (Å²) in [7, 11) is 0.0528. The van der Waals surface area contributed by atoms with Gasteiger partial charge in [0.15, 0.2) is 0 Å². The van der Waals surface area contributed by atoms with Crippen LogP contribution in [0.15, 0.2) is 41.1 Å². The van der Waals surface area contributed by atoms with Crippen LogP contribution in [0.5, 0.6) is 0 Å². The quantitative estimate of drug-likeness (QED) is 0.121. The molecule has 1 aromatic carbocycles. The molecule has 0 saturated carbocycles. The molecule has 0 aliphatic carbocycles. The Bertz CT molecular complexity index is 1430. The molecular formula is C28H34Cl2N4O5Si. The van der Waals surface area contributed by atoms with Gasteiger partial charge in [-0.05, 0) is 31.2 Å². The molecule has 1 atom stereocenters. The highest BCUT2D eigenvalue weighted by Gasteiger charge is 2.34. The predicted molar refractivity (Wildman–Crippen MR) is 156 cm³/mol. The fourth-order valence-electron chi connectivity index (χ4n) is 4.56. The summed E-state index contributed by atoms with van der Waals surface area (Å²) in [5.41, 5.74) is 4.23. The number of aromatic nitrogens is 3. The van der Waals surface area contributed by atoms with Crippen LogP contribution in [0.3, 0.4) is 0 Å². The van der Waals surface area contributed by atoms with E-state index in [0.29, 0.717) is 52.1 Å². The summed E-state index contributed by atoms with van der Waals surface area (Å²) in [5, 5.41) is 9.82. The molecule has 40 heavy (non-hydrogen) atoms. The molecule has 12 heteroatoms. The Kier molecular flexibility index (Phi) is 9.24. The number of methoxy groups -OCH3 is 1. The fourth-order valence-corrected chi connectivity index (χ4v) is 5.62. The van der Waals surface area contributed by atoms with Crippen LogP contribution in [0.1, 0.15) is 34.1 Å². The summed E-state index contributed by atoms with van der Waals surface area (Å²) in [5.74, 6) is -0.677. The van der Waals surface area contributed by atoms with Crippen LogP contribution in [0.4, 0.5) is 0 Å². The van der Waals surface area contributed by atoms with Crippen LogP contribution in [0, 0.1) is 0 Å². The van der Waals surface area contributed by atoms with E-state index in [1.807, 2.05) is 11.6 Å². The maximum Gasteiger partial charge on any atom is 0.333 e. The van der Waals surface area contributed by atoms with Gasteiger partial charge < -0.3 is 18.9 Å². The third-order valence-corrected chi connectivity index (χ3v) is 9.34. The number of amides is 1. The van der Waals surface area contributed by atoms with Crippen molar-refractivity contribution in [1.82, 2.24) is 19.8 Å². The number of fused-ring (bicyclic) bond motifs is 1. The number of hydrogen-bond donors (Lipinski definition) is 0. The van der Waals surface area contributed by atoms with Gasteiger partial charge in [-0.1, -0.05) is 54.6 Å². The first-order chi connectivity index (χ1) is 18.9. The van der Waals surface area contributed by atoms with Gasteiger partial charge in [0.25, 0.3) is 5.91 Å². The molecule has 3 heterocycles. The number of ether oxygens (including phenoxy) is 2. The summed E-state index contributed by atoms with van der Waals surface area (Å²) in [6, 6.07) is 5.79. The van der Waals surface area contributed by atoms with Crippen molar-refractivity contribution >= 4 is 43.2 Å². The SMILES string of the molecule is C=C(Cc1conc1-c1nn(COCC[Si](C)(C)C)c2c1CN(C(=O)c1ccc(Cl)c(Cl)c1)[C@H](C)C2)C(=O)OC. The Morgan fingerprint density at radius 2 is 1.95 bits per heavy atom. The number of hydrogen-bond acceptors (Lipinski definition) is 7. The molecule has 3 aromatic rings. The van der Waals surface area contributed by atoms with Crippen molar-refractivity contribution in [3.63, 3.8) is 0 Å². The van der Waals surface area contributed by atoms with Gasteiger partial charge in [-0.2, -0.15) is 5.10 Å². The van der Waals surface area contributed by atoms with Crippen molar-refractivity contribution in [3.8, 4) is 11.4 Å². The third kappa shape index (κ3) is 6.68. The minimum absolute atomic E-state index is 0.115. The molecule has 214 valence electrons. The van der Waals surface area contributed by atoms with E-state index >= 15 is 0 Å². The second-order valence-electron chi connectivity index (χ2n) is 11.2. The van der Waals surface area contributed by atoms with Crippen molar-refractivity contribution in [2.24, 2.45) is 0 Å². The van der Waals surface area contributed by atoms with Crippen LogP contribution in [0.25, 0.3) is 11.4 Å². The predicted octanol–water partition coefficient (Wildman–Crippen LogP) is 6.02. The van der Waals surface area contributed by atoms with E-state index in [0.717, 1.165) is 17.3 Å². The number of benzene rings is 1. The Balaban J connectivity index is 1.69. The Morgan fingerprint density at radius 3 is 2.62 bits per heavy atom. The summed E-state index contributed by atoms with van der Waals surface area (Å²) in [4.78, 5) is 27.4. The van der Waals surface area contributed by atoms with E-state index in [1.165, 1.54) is 13.4 Å². The minimum atomic E-state index is -1.26. The summed E-state index contributed by atoms with van der Waals surface area (Å²) < 4.78 is 18.0. The summed E-state index contributed by atoms with van der Waals surface area (Å²) in [6.07, 6.45) is 2.22. The minimum Gasteiger partial charge on any atom is -0.466 e. The molecule has 1 amide bonds. The molecule has 2 aromatic heterocycles. The lowest BCUT2D eigenvalue weighted by molar-refractivity contribution is -0.136. The normalized spacial score (nSPS) is 15.2. The summed E-state index contributed by atoms with van der Waals surface area (Å²) >= 11 is 12.3. The van der Waals surface area contributed by atoms with Crippen LogP contribution >= 0.6 is 23.2 Å². The van der Waals surface area contributed by atoms with Crippen molar-refractivity contribution in [3.05, 3.63) is 69.0 Å². The average molecular weight is 606 g/mol. The van der Waals surface area contributed by atoms with Crippen molar-refractivity contribution in [1.29, 1.82) is 0 Å². The van der Waals surface area contributed by atoms with Gasteiger partial charge in [-0.25, -0.2) is 9.48 Å². The topological polar surface area (TPSA) is 99.7 Å². The fraction of sp³-hybridized carbons (Fsp3) is 0.429. The van der Waals surface area contributed by atoms with Gasteiger partial charge in [0.1, 0.15) is 24.4 Å². The van der Waals surface area contributed by atoms with Crippen LogP contribution in [-0.4, -0.2) is 59.5 Å². The Labute approximate surface area is 245 Å². The van der Waals surface area contributed by atoms with E-state index in [9.17, 15) is 9.59 Å². The zero-order chi connectivity index (χ0) is 29.2. The highest BCUT2D eigenvalue weighted by atomic mass is 35.5. The highest BCUT2D eigenvalue weighted by molar-refractivity contribution is 6.76. The maximum absolute atomic E-state index is 13.6. The number of rotatable bonds is 10. The molecule has 0 spiro atoms. The second-order valence-corrected chi connectivity index (χ2v) is 17.6. The average Bonchev–Trinajstić information content (AvgIpc) is 3.50. The van der Waals surface area contributed by atoms with E-state index in [-0.39, 0.29) is 30.7 Å². The zero-order valence-corrected chi connectivity index (χ0v) is 25.9. The Hall–Kier alpha value is -2.92. The van der Waals surface area contributed by atoms with E-state index in [4.69, 9.17) is 42.3 Å². The lowest BCUT2D eigenvalue weighted by Crippen LogP contribution is -2.43. The molecule has 9 nitrogen and oxygen atoms in total. The first-order valence-electron chi connectivity index (χ1n) is 13.0. The molecule has 1 aliphatic rings. The van der Waals surface area contributed by atoms with Crippen LogP contribution < -0.4 is 0 Å². The maximum atomic E-state index is 13.6. The Morgan fingerprint density at radius 1 is 1.20 bits per heavy atom. The lowest BCUT2D eigenvalue weighted by atomic mass is 9.96. The number of nitrogens with zero attached hydrogens (tertiary/aromatic N) is 4. The number of carbonyl (C=O) groups excluding carboxylic acids is 2. The molecule has 0 bridgehead atoms. The van der Waals surface area contributed by atoms with Crippen molar-refractivity contribution < 1.29 is 23.6 Å². The van der Waals surface area contributed by atoms with E-state index < -0.39 is 14.0 Å². The smallest absolute Gasteiger partial charge is 0.333 e. The molecule has 0 saturated heterocycles. The van der Waals surface area contributed by atoms with Gasteiger partial charge in [-0.15, -0.1) is 0 Å². The van der Waals surface area contributed by atoms with Crippen LogP contribution in [0.2, 0.25) is 35.7 Å². The standard InChI is InChI=1S/C28H34Cl2N4O5Si/c1-17(28(36)37-3)11-20-15-39-32-25(20)26-21-14-33(27(35)19-7-8-22(29)23(30)13-19)18(2)12-24(21)34(31-26)16-38-9-10-40(4,5)6/h7-8,13,15,18H,1,9-12,14,16H2,2-6H3/t18-/m1/s1. The first kappa shape index (κ1) is 30.0.